The summed E-state index contributed by atoms with van der Waals surface area (Å²) in [4.78, 5) is 17.6. The lowest BCUT2D eigenvalue weighted by Gasteiger charge is -2.44. The molecule has 202 valence electrons. The second-order valence-electron chi connectivity index (χ2n) is 9.71. The molecular formula is C27H36N2O8. The monoisotopic (exact) mass is 516 g/mol. The molecule has 0 bridgehead atoms. The number of methoxy groups -OCH3 is 4. The number of amides is 1. The van der Waals surface area contributed by atoms with Gasteiger partial charge in [0.15, 0.2) is 23.0 Å². The summed E-state index contributed by atoms with van der Waals surface area (Å²) in [5.74, 6) is 1.16. The molecule has 1 unspecified atom stereocenters. The molecule has 0 radical (unpaired) electrons. The Morgan fingerprint density at radius 3 is 1.92 bits per heavy atom. The number of likely N-dealkylation sites (N-methyl/N-ethyl adjacent to an activating group) is 1. The van der Waals surface area contributed by atoms with Crippen molar-refractivity contribution in [3.8, 4) is 34.5 Å². The topological polar surface area (TPSA) is 121 Å². The second kappa shape index (κ2) is 9.83. The first-order chi connectivity index (χ1) is 17.6. The molecule has 0 spiro atoms. The van der Waals surface area contributed by atoms with E-state index in [9.17, 15) is 20.1 Å². The van der Waals surface area contributed by atoms with Crippen LogP contribution < -0.4 is 18.9 Å². The zero-order valence-electron chi connectivity index (χ0n) is 22.6. The van der Waals surface area contributed by atoms with Gasteiger partial charge in [0.1, 0.15) is 11.5 Å². The summed E-state index contributed by atoms with van der Waals surface area (Å²) in [5, 5.41) is 33.5. The van der Waals surface area contributed by atoms with E-state index >= 15 is 0 Å². The molecule has 3 N–H and O–H groups in total. The van der Waals surface area contributed by atoms with Gasteiger partial charge in [-0.1, -0.05) is 0 Å². The SMILES string of the molecule is COc1c(C)c(OC)c2c(c1O)[C@@H]1Cc3c(O)c(C)c(OC)c(OC)c3[C@H](CO)N1C(=O)C(N(C)C)C2. The number of phenols is 2. The highest BCUT2D eigenvalue weighted by atomic mass is 16.5. The number of aliphatic hydroxyl groups excluding tert-OH is 1. The number of hydrogen-bond donors (Lipinski definition) is 3. The first-order valence-electron chi connectivity index (χ1n) is 12.1. The average molecular weight is 517 g/mol. The molecule has 1 amide bonds. The van der Waals surface area contributed by atoms with Gasteiger partial charge in [0.2, 0.25) is 5.91 Å². The molecule has 0 saturated heterocycles. The number of aromatic hydroxyl groups is 2. The van der Waals surface area contributed by atoms with Crippen LogP contribution in [0.1, 0.15) is 45.5 Å². The fourth-order valence-electron chi connectivity index (χ4n) is 6.11. The van der Waals surface area contributed by atoms with Crippen LogP contribution >= 0.6 is 0 Å². The Bertz CT molecular complexity index is 1240. The zero-order chi connectivity index (χ0) is 27.3. The Morgan fingerprint density at radius 1 is 0.811 bits per heavy atom. The van der Waals surface area contributed by atoms with Crippen LogP contribution in [0, 0.1) is 13.8 Å². The van der Waals surface area contributed by atoms with E-state index in [0.29, 0.717) is 50.6 Å². The van der Waals surface area contributed by atoms with Gasteiger partial charge >= 0.3 is 0 Å². The molecule has 4 rings (SSSR count). The van der Waals surface area contributed by atoms with E-state index in [1.807, 2.05) is 19.0 Å². The Hall–Kier alpha value is -3.37. The summed E-state index contributed by atoms with van der Waals surface area (Å²) < 4.78 is 22.6. The van der Waals surface area contributed by atoms with Crippen molar-refractivity contribution in [2.75, 3.05) is 49.1 Å². The van der Waals surface area contributed by atoms with Crippen LogP contribution in [0.25, 0.3) is 0 Å². The predicted molar refractivity (Wildman–Crippen MR) is 136 cm³/mol. The normalized spacial score (nSPS) is 20.6. The second-order valence-corrected chi connectivity index (χ2v) is 9.71. The van der Waals surface area contributed by atoms with Crippen LogP contribution in [0.5, 0.6) is 34.5 Å². The lowest BCUT2D eigenvalue weighted by Crippen LogP contribution is -2.50. The van der Waals surface area contributed by atoms with Crippen molar-refractivity contribution in [3.05, 3.63) is 33.4 Å². The number of hydrogen-bond acceptors (Lipinski definition) is 9. The van der Waals surface area contributed by atoms with Gasteiger partial charge in [-0.25, -0.2) is 0 Å². The molecule has 0 fully saturated rings. The van der Waals surface area contributed by atoms with Crippen molar-refractivity contribution in [3.63, 3.8) is 0 Å². The molecule has 0 aromatic heterocycles. The molecule has 2 aliphatic heterocycles. The van der Waals surface area contributed by atoms with Crippen LogP contribution in [0.3, 0.4) is 0 Å². The van der Waals surface area contributed by atoms with Crippen molar-refractivity contribution in [2.45, 2.75) is 44.8 Å². The maximum atomic E-state index is 14.2. The van der Waals surface area contributed by atoms with Crippen molar-refractivity contribution in [1.82, 2.24) is 9.80 Å². The minimum absolute atomic E-state index is 0.00122. The van der Waals surface area contributed by atoms with E-state index in [-0.39, 0.29) is 36.0 Å². The molecule has 0 aliphatic carbocycles. The van der Waals surface area contributed by atoms with Crippen LogP contribution in [0.15, 0.2) is 0 Å². The van der Waals surface area contributed by atoms with Gasteiger partial charge in [-0.15, -0.1) is 0 Å². The van der Waals surface area contributed by atoms with Crippen molar-refractivity contribution in [1.29, 1.82) is 0 Å². The Kier molecular flexibility index (Phi) is 7.09. The number of benzene rings is 2. The Labute approximate surface area is 216 Å². The van der Waals surface area contributed by atoms with E-state index in [2.05, 4.69) is 0 Å². The summed E-state index contributed by atoms with van der Waals surface area (Å²) in [5.41, 5.74) is 3.29. The average Bonchev–Trinajstić information content (AvgIpc) is 3.00. The molecule has 2 aromatic rings. The highest BCUT2D eigenvalue weighted by Gasteiger charge is 2.49. The van der Waals surface area contributed by atoms with Gasteiger partial charge in [0.25, 0.3) is 0 Å². The molecule has 2 heterocycles. The number of fused-ring (bicyclic) bond motifs is 4. The van der Waals surface area contributed by atoms with Crippen LogP contribution in [0.4, 0.5) is 0 Å². The molecule has 2 aliphatic rings. The third-order valence-corrected chi connectivity index (χ3v) is 7.79. The number of aliphatic hydroxyl groups is 1. The third-order valence-electron chi connectivity index (χ3n) is 7.79. The zero-order valence-corrected chi connectivity index (χ0v) is 22.6. The van der Waals surface area contributed by atoms with Gasteiger partial charge < -0.3 is 39.2 Å². The third kappa shape index (κ3) is 3.73. The number of ether oxygens (including phenoxy) is 4. The first kappa shape index (κ1) is 26.7. The van der Waals surface area contributed by atoms with Crippen molar-refractivity contribution >= 4 is 5.91 Å². The van der Waals surface area contributed by atoms with Gasteiger partial charge in [-0.2, -0.15) is 0 Å². The largest absolute Gasteiger partial charge is 0.507 e. The number of carbonyl (C=O) groups excluding carboxylic acids is 1. The Balaban J connectivity index is 2.13. The predicted octanol–water partition coefficient (Wildman–Crippen LogP) is 2.39. The van der Waals surface area contributed by atoms with E-state index in [0.717, 1.165) is 0 Å². The van der Waals surface area contributed by atoms with Gasteiger partial charge in [0, 0.05) is 46.2 Å². The summed E-state index contributed by atoms with van der Waals surface area (Å²) in [7, 11) is 9.61. The highest BCUT2D eigenvalue weighted by Crippen LogP contribution is 2.57. The van der Waals surface area contributed by atoms with Gasteiger partial charge in [-0.05, 0) is 27.9 Å². The molecular weight excluding hydrogens is 480 g/mol. The van der Waals surface area contributed by atoms with E-state index < -0.39 is 24.7 Å². The summed E-state index contributed by atoms with van der Waals surface area (Å²) >= 11 is 0. The smallest absolute Gasteiger partial charge is 0.241 e. The van der Waals surface area contributed by atoms with E-state index in [4.69, 9.17) is 18.9 Å². The van der Waals surface area contributed by atoms with Crippen molar-refractivity contribution in [2.24, 2.45) is 0 Å². The fourth-order valence-corrected chi connectivity index (χ4v) is 6.11. The molecule has 0 saturated carbocycles. The van der Waals surface area contributed by atoms with Crippen LogP contribution in [-0.2, 0) is 17.6 Å². The number of carbonyl (C=O) groups is 1. The Morgan fingerprint density at radius 2 is 1.41 bits per heavy atom. The molecule has 37 heavy (non-hydrogen) atoms. The highest BCUT2D eigenvalue weighted by molar-refractivity contribution is 5.86. The molecule has 3 atom stereocenters. The lowest BCUT2D eigenvalue weighted by atomic mass is 9.81. The standard InChI is InChI=1S/C27H36N2O8/c1-12-21(31)14-9-16-19-15(23(34-5)13(2)24(35-6)22(19)32)10-17(28(3)4)27(33)29(16)18(11-30)20(14)26(37-8)25(12)36-7/h16-18,30-32H,9-11H2,1-8H3/t16-,17?,18-/m0/s1. The first-order valence-corrected chi connectivity index (χ1v) is 12.1. The fraction of sp³-hybridized carbons (Fsp3) is 0.519. The van der Waals surface area contributed by atoms with Gasteiger partial charge in [-0.3, -0.25) is 9.69 Å². The quantitative estimate of drug-likeness (QED) is 0.531. The molecule has 10 heteroatoms. The van der Waals surface area contributed by atoms with Crippen molar-refractivity contribution < 1.29 is 39.1 Å². The van der Waals surface area contributed by atoms with Crippen LogP contribution in [-0.4, -0.2) is 86.2 Å². The minimum atomic E-state index is -0.873. The lowest BCUT2D eigenvalue weighted by molar-refractivity contribution is -0.143. The van der Waals surface area contributed by atoms with Gasteiger partial charge in [0.05, 0.1) is 53.2 Å². The maximum absolute atomic E-state index is 14.2. The number of rotatable bonds is 6. The minimum Gasteiger partial charge on any atom is -0.507 e. The summed E-state index contributed by atoms with van der Waals surface area (Å²) in [6.07, 6.45) is 0.441. The molecule has 10 nitrogen and oxygen atoms in total. The summed E-state index contributed by atoms with van der Waals surface area (Å²) in [6.45, 7) is 3.08. The van der Waals surface area contributed by atoms with Crippen LogP contribution in [0.2, 0.25) is 0 Å². The van der Waals surface area contributed by atoms with E-state index in [1.54, 1.807) is 25.9 Å². The van der Waals surface area contributed by atoms with E-state index in [1.165, 1.54) is 21.3 Å². The number of phenolic OH excluding ortho intramolecular Hbond substituents is 2. The summed E-state index contributed by atoms with van der Waals surface area (Å²) in [6, 6.07) is -2.20. The molecule has 2 aromatic carbocycles. The number of nitrogens with zero attached hydrogens (tertiary/aromatic N) is 2. The maximum Gasteiger partial charge on any atom is 0.241 e.